The van der Waals surface area contributed by atoms with E-state index in [9.17, 15) is 19.2 Å². The van der Waals surface area contributed by atoms with Gasteiger partial charge in [0.1, 0.15) is 11.6 Å². The number of piperidine rings is 2. The van der Waals surface area contributed by atoms with E-state index in [4.69, 9.17) is 28.5 Å². The van der Waals surface area contributed by atoms with Crippen molar-refractivity contribution in [3.8, 4) is 0 Å². The van der Waals surface area contributed by atoms with Gasteiger partial charge in [-0.25, -0.2) is 4.68 Å². The van der Waals surface area contributed by atoms with Crippen LogP contribution in [0, 0.1) is 188 Å². The van der Waals surface area contributed by atoms with Crippen molar-refractivity contribution >= 4 is 29.5 Å². The van der Waals surface area contributed by atoms with Crippen molar-refractivity contribution in [3.63, 3.8) is 0 Å². The molecule has 14 saturated carbocycles. The predicted octanol–water partition coefficient (Wildman–Crippen LogP) is 27.6. The molecule has 17 nitrogen and oxygen atoms in total. The molecule has 816 valence electrons. The number of nitrogens with zero attached hydrogens (tertiary/aromatic N) is 5. The van der Waals surface area contributed by atoms with Crippen LogP contribution in [0.5, 0.6) is 0 Å². The molecular weight excluding hydrogens is 1820 g/mol. The van der Waals surface area contributed by atoms with Crippen molar-refractivity contribution in [2.45, 2.75) is 506 Å². The highest BCUT2D eigenvalue weighted by Crippen LogP contribution is 2.73. The SMILES string of the molecule is C=C(C)N1C[C@@H](C)C[C@H]2O[C@]3(CC[C@@H]4C(=C(C)C3)C[C@H]3[C@H]4CC[C@@H]4CC(=O)CC[C@@]43C)[C@H](C)[C@@H]21.CC(=O)N[C@H]1CC[C@@]2(C)[C@H](CC[C@H]3[C@@H]4CC[C@@]5(CC(C)=C4C[C@@H]32)O[C@@H]2C[C@H](C)CC[C@H]2[C@H]5C)C1.CC1=C2C[C@H]3[C@@H](CC[C@@H]4CC(=O)CC[C@@]43C)[C@@H]2CC[C@@]2(C1)O[C@@H]1C[C@H](C)CN(CCNC(=O)C(C)(C)C)[C@H]1[C@H]2C.CC1=C2C[C@H]3[C@@H](CC[C@@H]4C[C@@H](n5cc(C)nn5)CC[C@@]43C)[C@@H]2CC[C@@]2(C1)O[C@@H]1C[C@H](C)CC[C@H]1[C@H]2C.O=C=O. The number of likely N-dealkylation sites (tertiary alicyclic amines) is 2. The zero-order chi connectivity index (χ0) is 104. The summed E-state index contributed by atoms with van der Waals surface area (Å²) in [7, 11) is 0. The van der Waals surface area contributed by atoms with E-state index in [1.165, 1.54) is 230 Å². The molecule has 7 heterocycles. The average Bonchev–Trinajstić information content (AvgIpc) is 1.56. The van der Waals surface area contributed by atoms with Crippen LogP contribution in [0.3, 0.4) is 0 Å². The van der Waals surface area contributed by atoms with Crippen LogP contribution < -0.4 is 10.6 Å². The van der Waals surface area contributed by atoms with Gasteiger partial charge in [0, 0.05) is 100 Å². The third-order valence-corrected chi connectivity index (χ3v) is 50.7. The summed E-state index contributed by atoms with van der Waals surface area (Å²) in [6.45, 7) is 60.1. The molecule has 20 fully saturated rings. The molecule has 18 aliphatic carbocycles. The minimum absolute atomic E-state index is 0.00236. The minimum atomic E-state index is -0.348. The molecule has 0 unspecified atom stereocenters. The van der Waals surface area contributed by atoms with E-state index in [1.807, 2.05) is 31.9 Å². The molecule has 0 bridgehead atoms. The van der Waals surface area contributed by atoms with Gasteiger partial charge in [0.2, 0.25) is 11.8 Å². The number of hydrogen-bond acceptors (Lipinski definition) is 14. The maximum absolute atomic E-state index is 12.5. The molecular formula is C130H201N7O10. The Balaban J connectivity index is 0.000000114. The number of aryl methyl sites for hydroxylation is 1. The zero-order valence-corrected chi connectivity index (χ0v) is 96.2. The number of aromatic nitrogens is 3. The Morgan fingerprint density at radius 1 is 0.435 bits per heavy atom. The number of carbonyl (C=O) groups is 4. The molecule has 1 aromatic rings. The Hall–Kier alpha value is -4.90. The Morgan fingerprint density at radius 3 is 1.22 bits per heavy atom. The Kier molecular flexibility index (Phi) is 30.0. The lowest BCUT2D eigenvalue weighted by atomic mass is 9.52. The highest BCUT2D eigenvalue weighted by Gasteiger charge is 2.68. The number of rotatable bonds is 6. The quantitative estimate of drug-likeness (QED) is 0.255. The first-order valence-corrected chi connectivity index (χ1v) is 61.9. The molecule has 17 heteroatoms. The Labute approximate surface area is 888 Å². The largest absolute Gasteiger partial charge is 0.373 e. The second-order valence-corrected chi connectivity index (χ2v) is 59.3. The van der Waals surface area contributed by atoms with Crippen molar-refractivity contribution in [3.05, 3.63) is 68.8 Å². The normalized spacial score (nSPS) is 48.6. The fraction of sp³-hybridized carbons (Fsp3) is 0.869. The van der Waals surface area contributed by atoms with Crippen molar-refractivity contribution in [1.29, 1.82) is 0 Å². The number of carbonyl (C=O) groups excluding carboxylic acids is 6. The first-order chi connectivity index (χ1) is 69.8. The van der Waals surface area contributed by atoms with E-state index in [0.717, 1.165) is 196 Å². The minimum Gasteiger partial charge on any atom is -0.371 e. The van der Waals surface area contributed by atoms with Gasteiger partial charge in [-0.3, -0.25) is 24.1 Å². The summed E-state index contributed by atoms with van der Waals surface area (Å²) >= 11 is 0. The topological polar surface area (TPSA) is 201 Å². The van der Waals surface area contributed by atoms with E-state index in [1.54, 1.807) is 40.4 Å². The monoisotopic (exact) mass is 2020 g/mol. The first-order valence-electron chi connectivity index (χ1n) is 61.9. The lowest BCUT2D eigenvalue weighted by molar-refractivity contribution is -0.191. The van der Waals surface area contributed by atoms with Crippen molar-refractivity contribution < 1.29 is 47.7 Å². The van der Waals surface area contributed by atoms with Crippen LogP contribution in [0.2, 0.25) is 0 Å². The standard InChI is InChI=1S/C35H56N2O3.C32H49N3O.C31H47NO2.C31H49NO2.CO2/c1-21-16-30-31(37(20-21)15-14-36-32(39)33(4,5)6)23(3)35(40-30)13-11-26-27-9-8-24-17-25(38)10-12-34(24,7)29(27)18-28(26)22(2)19-35;1-19-6-8-25-22(4)32(36-30(25)14-19)13-11-26-27-9-7-23-15-24(35-18-21(3)33-34-35)10-12-31(23,5)29(27)16-28(26)20(2)17-32;1-18(2)32-17-19(3)13-28-29(32)21(5)31(34-28)12-10-24-25-8-7-22-14-23(33)9-11-30(22,6)27(25)15-26(24)20(4)16-31;1-18-6-8-24-20(3)31(34-29(24)14-18)13-11-25-26-9-7-22-15-23(32-21(4)33)10-12-30(22,5)28(26)16-27(25)19(2)17-31;2-1-3/h21,23-24,26-27,29-31H,8-20H2,1-7H3,(H,36,39);18-19,22-27,29-30H,6-17H2,1-5H3;19,21-22,24-25,27-29H,1,7-17H2,2-6H3;18,20,22-26,28-29H,6-17H2,1-5H3,(H,32,33);/t21-,23+,24+,26-,27-,29-,30+,31-,34-,35-;19-,22-,23-,24+,25+,26+,27+,29+,30-,31+,32+;19-,21+,22+,24-,25-,27-,28+,29-,30-,31-;18-,20-,22-,23+,24+,25+,26+,28+,29-,30+,31+;/m0101./s1. The fourth-order valence-electron chi connectivity index (χ4n) is 42.7. The number of ether oxygens (including phenoxy) is 4. The molecule has 25 rings (SSSR count). The lowest BCUT2D eigenvalue weighted by Crippen LogP contribution is -2.54. The van der Waals surface area contributed by atoms with Gasteiger partial charge in [-0.1, -0.05) is 173 Å². The Morgan fingerprint density at radius 2 is 0.810 bits per heavy atom. The molecule has 24 aliphatic rings. The van der Waals surface area contributed by atoms with Crippen LogP contribution in [0.4, 0.5) is 0 Å². The average molecular weight is 2020 g/mol. The highest BCUT2D eigenvalue weighted by molar-refractivity contribution is 5.81. The number of ketones is 2. The van der Waals surface area contributed by atoms with Crippen molar-refractivity contribution in [1.82, 2.24) is 35.4 Å². The van der Waals surface area contributed by atoms with Gasteiger partial charge in [-0.2, -0.15) is 9.59 Å². The van der Waals surface area contributed by atoms with Crippen LogP contribution in [0.1, 0.15) is 440 Å². The maximum atomic E-state index is 12.5. The smallest absolute Gasteiger partial charge is 0.371 e. The second kappa shape index (κ2) is 40.9. The van der Waals surface area contributed by atoms with Crippen LogP contribution in [-0.4, -0.2) is 145 Å². The van der Waals surface area contributed by atoms with E-state index in [0.29, 0.717) is 130 Å². The molecule has 0 radical (unpaired) electrons. The van der Waals surface area contributed by atoms with Crippen LogP contribution in [0.15, 0.2) is 63.1 Å². The molecule has 42 atom stereocenters. The Bertz CT molecular complexity index is 5240. The van der Waals surface area contributed by atoms with Gasteiger partial charge >= 0.3 is 6.15 Å². The van der Waals surface area contributed by atoms with E-state index in [-0.39, 0.29) is 45.8 Å². The van der Waals surface area contributed by atoms with Crippen LogP contribution in [-0.2, 0) is 47.7 Å². The zero-order valence-electron chi connectivity index (χ0n) is 96.2. The maximum Gasteiger partial charge on any atom is 0.373 e. The highest BCUT2D eigenvalue weighted by atomic mass is 16.5. The predicted molar refractivity (Wildman–Crippen MR) is 582 cm³/mol. The number of hydrogen-bond donors (Lipinski definition) is 2. The van der Waals surface area contributed by atoms with Crippen molar-refractivity contribution in [2.75, 3.05) is 26.2 Å². The third-order valence-electron chi connectivity index (χ3n) is 50.7. The lowest BCUT2D eigenvalue weighted by Gasteiger charge is -2.54. The first kappa shape index (κ1) is 108. The third kappa shape index (κ3) is 19.1. The molecule has 147 heavy (non-hydrogen) atoms. The number of Topliss-reactive ketones (excluding diaryl/α,β-unsaturated/α-hetero) is 2. The summed E-state index contributed by atoms with van der Waals surface area (Å²) in [6, 6.07) is 1.90. The molecule has 0 aromatic carbocycles. The molecule has 1 aromatic heterocycles. The van der Waals surface area contributed by atoms with Gasteiger partial charge < -0.3 is 34.5 Å². The molecule has 2 N–H and O–H groups in total. The van der Waals surface area contributed by atoms with Crippen LogP contribution in [0.25, 0.3) is 0 Å². The summed E-state index contributed by atoms with van der Waals surface area (Å²) in [4.78, 5) is 70.2. The van der Waals surface area contributed by atoms with E-state index in [2.05, 4.69) is 173 Å². The fourth-order valence-corrected chi connectivity index (χ4v) is 42.7. The summed E-state index contributed by atoms with van der Waals surface area (Å²) in [5.41, 5.74) is 17.9. The van der Waals surface area contributed by atoms with Gasteiger partial charge in [0.15, 0.2) is 0 Å². The van der Waals surface area contributed by atoms with Gasteiger partial charge in [-0.05, 0) is 449 Å². The number of amides is 2. The number of nitrogens with one attached hydrogen (secondary N) is 2. The molecule has 2 amide bonds. The van der Waals surface area contributed by atoms with Gasteiger partial charge in [-0.15, -0.1) is 5.10 Å². The van der Waals surface area contributed by atoms with Gasteiger partial charge in [0.05, 0.1) is 64.6 Å². The second-order valence-electron chi connectivity index (χ2n) is 59.3. The van der Waals surface area contributed by atoms with E-state index >= 15 is 0 Å². The summed E-state index contributed by atoms with van der Waals surface area (Å²) < 4.78 is 30.9. The van der Waals surface area contributed by atoms with Crippen LogP contribution >= 0.6 is 0 Å². The van der Waals surface area contributed by atoms with Crippen molar-refractivity contribution in [2.24, 2.45) is 181 Å². The van der Waals surface area contributed by atoms with E-state index < -0.39 is 0 Å². The molecule has 4 spiro atoms. The summed E-state index contributed by atoms with van der Waals surface area (Å²) in [5.74, 6) is 21.2. The van der Waals surface area contributed by atoms with Gasteiger partial charge in [0.25, 0.3) is 0 Å². The molecule has 6 saturated heterocycles. The summed E-state index contributed by atoms with van der Waals surface area (Å²) in [6.07, 6.45) is 59.0. The number of fused-ring (bicyclic) bond motifs is 24. The number of allylic oxidation sites excluding steroid dienone is 5. The molecule has 6 aliphatic heterocycles. The summed E-state index contributed by atoms with van der Waals surface area (Å²) in [5, 5.41) is 15.2.